The Morgan fingerprint density at radius 3 is 2.21 bits per heavy atom. The van der Waals surface area contributed by atoms with Crippen LogP contribution in [0.2, 0.25) is 0 Å². The minimum Gasteiger partial charge on any atom is -0.351 e. The van der Waals surface area contributed by atoms with Crippen LogP contribution in [-0.4, -0.2) is 47.3 Å². The van der Waals surface area contributed by atoms with Gasteiger partial charge in [0.25, 0.3) is 0 Å². The molecule has 2 saturated heterocycles. The van der Waals surface area contributed by atoms with E-state index in [0.29, 0.717) is 17.3 Å². The number of aromatic nitrogens is 2. The fourth-order valence-electron chi connectivity index (χ4n) is 4.05. The van der Waals surface area contributed by atoms with Crippen LogP contribution < -0.4 is 4.90 Å². The van der Waals surface area contributed by atoms with Gasteiger partial charge in [-0.2, -0.15) is 13.2 Å². The van der Waals surface area contributed by atoms with E-state index in [1.54, 1.807) is 0 Å². The first kappa shape index (κ1) is 20.6. The van der Waals surface area contributed by atoms with Crippen molar-refractivity contribution in [2.75, 3.05) is 31.1 Å². The van der Waals surface area contributed by atoms with E-state index in [1.165, 1.54) is 44.5 Å². The van der Waals surface area contributed by atoms with Crippen LogP contribution in [0.25, 0.3) is 11.3 Å². The fraction of sp³-hybridized carbons (Fsp3) is 0.524. The maximum absolute atomic E-state index is 12.7. The number of nitrogens with zero attached hydrogens (tertiary/aromatic N) is 4. The Hall–Kier alpha value is -2.15. The van der Waals surface area contributed by atoms with E-state index >= 15 is 0 Å². The third-order valence-electron chi connectivity index (χ3n) is 5.50. The van der Waals surface area contributed by atoms with Crippen LogP contribution >= 0.6 is 0 Å². The quantitative estimate of drug-likeness (QED) is 0.744. The number of hydrogen-bond donors (Lipinski definition) is 0. The van der Waals surface area contributed by atoms with Crippen molar-refractivity contribution >= 4 is 5.82 Å². The van der Waals surface area contributed by atoms with Gasteiger partial charge in [-0.1, -0.05) is 19.6 Å². The summed E-state index contributed by atoms with van der Waals surface area (Å²) < 4.78 is 38.1. The molecule has 3 heterocycles. The van der Waals surface area contributed by atoms with Crippen molar-refractivity contribution in [3.8, 4) is 11.3 Å². The van der Waals surface area contributed by atoms with Crippen LogP contribution in [0.15, 0.2) is 36.4 Å². The highest BCUT2D eigenvalue weighted by Crippen LogP contribution is 2.31. The molecule has 1 aromatic carbocycles. The minimum absolute atomic E-state index is 0. The summed E-state index contributed by atoms with van der Waals surface area (Å²) in [4.78, 5) is 4.84. The molecule has 0 unspecified atom stereocenters. The molecule has 2 aromatic rings. The van der Waals surface area contributed by atoms with Gasteiger partial charge in [-0.3, -0.25) is 0 Å². The summed E-state index contributed by atoms with van der Waals surface area (Å²) in [5.41, 5.74) is 0.567. The molecule has 152 valence electrons. The Morgan fingerprint density at radius 1 is 0.893 bits per heavy atom. The second kappa shape index (κ2) is 8.47. The molecule has 2 aliphatic rings. The highest BCUT2D eigenvalue weighted by atomic mass is 19.4. The van der Waals surface area contributed by atoms with Gasteiger partial charge in [0.2, 0.25) is 0 Å². The van der Waals surface area contributed by atoms with Gasteiger partial charge in [-0.05, 0) is 63.0 Å². The second-order valence-electron chi connectivity index (χ2n) is 7.35. The Balaban J connectivity index is 0.00000225. The van der Waals surface area contributed by atoms with Crippen molar-refractivity contribution in [3.05, 3.63) is 42.0 Å². The molecule has 7 heteroatoms. The van der Waals surface area contributed by atoms with Gasteiger partial charge in [0.1, 0.15) is 0 Å². The normalized spacial score (nSPS) is 20.4. The molecule has 4 nitrogen and oxygen atoms in total. The standard InChI is InChI=1S/C20H23F3N4.CH4/c21-20(22,23)16-7-5-15(6-8-16)18-9-10-19(25-24-18)27-13-3-4-17(27)14-26-11-1-2-12-26;/h5-10,17H,1-4,11-14H2;1H4/t17-;/m0./s1. The molecule has 0 N–H and O–H groups in total. The van der Waals surface area contributed by atoms with Gasteiger partial charge in [0.15, 0.2) is 5.82 Å². The molecule has 0 bridgehead atoms. The lowest BCUT2D eigenvalue weighted by Gasteiger charge is -2.29. The topological polar surface area (TPSA) is 32.3 Å². The fourth-order valence-corrected chi connectivity index (χ4v) is 4.05. The molecule has 28 heavy (non-hydrogen) atoms. The van der Waals surface area contributed by atoms with Gasteiger partial charge in [0.05, 0.1) is 11.3 Å². The first-order chi connectivity index (χ1) is 13.0. The van der Waals surface area contributed by atoms with Gasteiger partial charge < -0.3 is 9.80 Å². The van der Waals surface area contributed by atoms with E-state index in [1.807, 2.05) is 12.1 Å². The number of benzene rings is 1. The van der Waals surface area contributed by atoms with Crippen LogP contribution in [0.5, 0.6) is 0 Å². The first-order valence-corrected chi connectivity index (χ1v) is 9.51. The monoisotopic (exact) mass is 392 g/mol. The van der Waals surface area contributed by atoms with Crippen LogP contribution in [-0.2, 0) is 6.18 Å². The summed E-state index contributed by atoms with van der Waals surface area (Å²) in [5.74, 6) is 0.854. The molecular weight excluding hydrogens is 365 g/mol. The van der Waals surface area contributed by atoms with E-state index in [9.17, 15) is 13.2 Å². The average molecular weight is 392 g/mol. The Morgan fingerprint density at radius 2 is 1.61 bits per heavy atom. The Labute approximate surface area is 164 Å². The Bertz CT molecular complexity index is 753. The summed E-state index contributed by atoms with van der Waals surface area (Å²) in [6, 6.07) is 9.29. The number of rotatable bonds is 4. The zero-order chi connectivity index (χ0) is 18.9. The van der Waals surface area contributed by atoms with Gasteiger partial charge in [-0.25, -0.2) is 0 Å². The Kier molecular flexibility index (Phi) is 6.23. The molecule has 4 rings (SSSR count). The van der Waals surface area contributed by atoms with Gasteiger partial charge in [0, 0.05) is 24.7 Å². The average Bonchev–Trinajstić information content (AvgIpc) is 3.34. The summed E-state index contributed by atoms with van der Waals surface area (Å²) >= 11 is 0. The molecule has 2 fully saturated rings. The number of hydrogen-bond acceptors (Lipinski definition) is 4. The van der Waals surface area contributed by atoms with Crippen molar-refractivity contribution in [2.24, 2.45) is 0 Å². The van der Waals surface area contributed by atoms with Crippen LogP contribution in [0.3, 0.4) is 0 Å². The lowest BCUT2D eigenvalue weighted by Crippen LogP contribution is -2.39. The minimum atomic E-state index is -4.33. The third-order valence-corrected chi connectivity index (χ3v) is 5.50. The number of likely N-dealkylation sites (tertiary alicyclic amines) is 1. The molecule has 2 aliphatic heterocycles. The maximum atomic E-state index is 12.7. The second-order valence-corrected chi connectivity index (χ2v) is 7.35. The van der Waals surface area contributed by atoms with Crippen molar-refractivity contribution in [2.45, 2.75) is 45.3 Å². The lowest BCUT2D eigenvalue weighted by molar-refractivity contribution is -0.137. The van der Waals surface area contributed by atoms with E-state index in [0.717, 1.165) is 37.5 Å². The number of alkyl halides is 3. The predicted molar refractivity (Wildman–Crippen MR) is 105 cm³/mol. The van der Waals surface area contributed by atoms with E-state index in [2.05, 4.69) is 20.0 Å². The molecule has 0 spiro atoms. The SMILES string of the molecule is C.FC(F)(F)c1ccc(-c2ccc(N3CCC[C@H]3CN3CCCC3)nn2)cc1. The van der Waals surface area contributed by atoms with Gasteiger partial charge in [-0.15, -0.1) is 10.2 Å². The molecule has 0 amide bonds. The van der Waals surface area contributed by atoms with Crippen LogP contribution in [0.4, 0.5) is 19.0 Å². The number of halogens is 3. The number of anilines is 1. The molecule has 1 atom stereocenters. The molecule has 0 aliphatic carbocycles. The molecule has 0 radical (unpaired) electrons. The van der Waals surface area contributed by atoms with E-state index in [4.69, 9.17) is 0 Å². The molecule has 0 saturated carbocycles. The van der Waals surface area contributed by atoms with Gasteiger partial charge >= 0.3 is 6.18 Å². The smallest absolute Gasteiger partial charge is 0.351 e. The maximum Gasteiger partial charge on any atom is 0.416 e. The molecular formula is C21H27F3N4. The zero-order valence-electron chi connectivity index (χ0n) is 15.1. The van der Waals surface area contributed by atoms with Crippen LogP contribution in [0, 0.1) is 0 Å². The van der Waals surface area contributed by atoms with Crippen molar-refractivity contribution < 1.29 is 13.2 Å². The third kappa shape index (κ3) is 4.46. The molecule has 1 aromatic heterocycles. The predicted octanol–water partition coefficient (Wildman–Crippen LogP) is 4.86. The van der Waals surface area contributed by atoms with Crippen LogP contribution in [0.1, 0.15) is 38.7 Å². The largest absolute Gasteiger partial charge is 0.416 e. The summed E-state index contributed by atoms with van der Waals surface area (Å²) in [6.07, 6.45) is 0.566. The first-order valence-electron chi connectivity index (χ1n) is 9.51. The summed E-state index contributed by atoms with van der Waals surface area (Å²) in [5, 5.41) is 8.63. The summed E-state index contributed by atoms with van der Waals surface area (Å²) in [7, 11) is 0. The lowest BCUT2D eigenvalue weighted by atomic mass is 10.1. The van der Waals surface area contributed by atoms with Crippen molar-refractivity contribution in [1.82, 2.24) is 15.1 Å². The van der Waals surface area contributed by atoms with Crippen molar-refractivity contribution in [3.63, 3.8) is 0 Å². The van der Waals surface area contributed by atoms with E-state index < -0.39 is 11.7 Å². The highest BCUT2D eigenvalue weighted by Gasteiger charge is 2.30. The zero-order valence-corrected chi connectivity index (χ0v) is 15.1. The van der Waals surface area contributed by atoms with Crippen molar-refractivity contribution in [1.29, 1.82) is 0 Å². The highest BCUT2D eigenvalue weighted by molar-refractivity contribution is 5.60. The summed E-state index contributed by atoms with van der Waals surface area (Å²) in [6.45, 7) is 4.42. The van der Waals surface area contributed by atoms with E-state index in [-0.39, 0.29) is 7.43 Å².